The SMILES string of the molecule is O=C(Nc1cc(N2CC3CC3C2)c2occc2c1)c1ccc(S(=O)(=O)NCCO)cc1N1CCC2(CC1)CC2. The summed E-state index contributed by atoms with van der Waals surface area (Å²) in [6.45, 7) is 3.25. The molecule has 0 radical (unpaired) electrons. The molecule has 2 aliphatic carbocycles. The lowest BCUT2D eigenvalue weighted by molar-refractivity contribution is 0.102. The fourth-order valence-corrected chi connectivity index (χ4v) is 7.50. The fraction of sp³-hybridized carbons (Fsp3) is 0.483. The molecule has 1 amide bonds. The summed E-state index contributed by atoms with van der Waals surface area (Å²) < 4.78 is 33.9. The Hall–Kier alpha value is -3.08. The number of piperidine rings is 2. The molecule has 3 heterocycles. The second-order valence-corrected chi connectivity index (χ2v) is 13.5. The normalized spacial score (nSPS) is 23.3. The van der Waals surface area contributed by atoms with E-state index in [9.17, 15) is 13.2 Å². The molecule has 4 aliphatic rings. The first-order valence-electron chi connectivity index (χ1n) is 13.9. The van der Waals surface area contributed by atoms with Gasteiger partial charge < -0.3 is 24.6 Å². The molecule has 2 unspecified atom stereocenters. The number of furan rings is 1. The number of amides is 1. The highest BCUT2D eigenvalue weighted by Crippen LogP contribution is 2.54. The van der Waals surface area contributed by atoms with Crippen LogP contribution >= 0.6 is 0 Å². The zero-order valence-corrected chi connectivity index (χ0v) is 22.7. The minimum absolute atomic E-state index is 0.0660. The monoisotopic (exact) mass is 550 g/mol. The van der Waals surface area contributed by atoms with Gasteiger partial charge in [0, 0.05) is 43.8 Å². The number of nitrogens with one attached hydrogen (secondary N) is 2. The Kier molecular flexibility index (Phi) is 5.91. The topological polar surface area (TPSA) is 115 Å². The Balaban J connectivity index is 1.20. The van der Waals surface area contributed by atoms with E-state index in [1.165, 1.54) is 25.3 Å². The Morgan fingerprint density at radius 3 is 2.49 bits per heavy atom. The third-order valence-electron chi connectivity index (χ3n) is 9.16. The lowest BCUT2D eigenvalue weighted by atomic mass is 9.93. The molecule has 3 N–H and O–H groups in total. The Bertz CT molecular complexity index is 1530. The van der Waals surface area contributed by atoms with Crippen molar-refractivity contribution in [1.29, 1.82) is 0 Å². The lowest BCUT2D eigenvalue weighted by Gasteiger charge is -2.35. The van der Waals surface area contributed by atoms with Crippen molar-refractivity contribution in [3.8, 4) is 0 Å². The van der Waals surface area contributed by atoms with E-state index in [-0.39, 0.29) is 24.0 Å². The van der Waals surface area contributed by atoms with Crippen LogP contribution in [0.4, 0.5) is 17.1 Å². The molecule has 3 aromatic rings. The second-order valence-electron chi connectivity index (χ2n) is 11.7. The molecule has 2 saturated heterocycles. The van der Waals surface area contributed by atoms with Crippen LogP contribution in [0.5, 0.6) is 0 Å². The van der Waals surface area contributed by atoms with Crippen molar-refractivity contribution in [1.82, 2.24) is 4.72 Å². The number of rotatable bonds is 8. The average Bonchev–Trinajstić information content (AvgIpc) is 3.76. The maximum absolute atomic E-state index is 13.7. The first-order valence-corrected chi connectivity index (χ1v) is 15.4. The molecule has 0 bridgehead atoms. The summed E-state index contributed by atoms with van der Waals surface area (Å²) in [4.78, 5) is 18.3. The minimum Gasteiger partial charge on any atom is -0.462 e. The van der Waals surface area contributed by atoms with E-state index in [1.54, 1.807) is 18.4 Å². The van der Waals surface area contributed by atoms with Gasteiger partial charge >= 0.3 is 0 Å². The van der Waals surface area contributed by atoms with Crippen molar-refractivity contribution in [2.45, 2.75) is 37.0 Å². The third kappa shape index (κ3) is 4.68. The first kappa shape index (κ1) is 24.9. The number of anilines is 3. The second kappa shape index (κ2) is 9.25. The number of aliphatic hydroxyl groups excluding tert-OH is 1. The van der Waals surface area contributed by atoms with E-state index >= 15 is 0 Å². The molecule has 9 nitrogen and oxygen atoms in total. The van der Waals surface area contributed by atoms with Gasteiger partial charge in [-0.2, -0.15) is 0 Å². The molecule has 2 atom stereocenters. The molecule has 10 heteroatoms. The van der Waals surface area contributed by atoms with Gasteiger partial charge in [0.2, 0.25) is 10.0 Å². The van der Waals surface area contributed by atoms with E-state index in [1.807, 2.05) is 18.2 Å². The standard InChI is InChI=1S/C29H34N4O5S/c34-11-8-30-39(36,37)23-1-2-24(25(16-23)32-9-6-29(4-5-29)7-10-32)28(35)31-22-14-19-3-12-38-27(19)26(15-22)33-17-20-13-21(20)18-33/h1-3,12,14-16,20-21,30,34H,4-11,13,17-18H2,(H,31,35). The maximum atomic E-state index is 13.7. The molecule has 206 valence electrons. The van der Waals surface area contributed by atoms with Gasteiger partial charge in [-0.15, -0.1) is 0 Å². The summed E-state index contributed by atoms with van der Waals surface area (Å²) >= 11 is 0. The zero-order valence-electron chi connectivity index (χ0n) is 21.9. The molecule has 2 aromatic carbocycles. The van der Waals surface area contributed by atoms with Crippen LogP contribution in [0, 0.1) is 17.3 Å². The van der Waals surface area contributed by atoms with Crippen molar-refractivity contribution in [3.05, 3.63) is 48.2 Å². The quantitative estimate of drug-likeness (QED) is 0.391. The molecule has 1 spiro atoms. The van der Waals surface area contributed by atoms with E-state index in [2.05, 4.69) is 19.8 Å². The third-order valence-corrected chi connectivity index (χ3v) is 10.6. The van der Waals surface area contributed by atoms with E-state index < -0.39 is 10.0 Å². The number of carbonyl (C=O) groups is 1. The van der Waals surface area contributed by atoms with Crippen LogP contribution in [0.2, 0.25) is 0 Å². The summed E-state index contributed by atoms with van der Waals surface area (Å²) in [5, 5.41) is 13.1. The zero-order chi connectivity index (χ0) is 26.8. The number of carbonyl (C=O) groups excluding carboxylic acids is 1. The summed E-state index contributed by atoms with van der Waals surface area (Å²) in [6, 6.07) is 10.5. The fourth-order valence-electron chi connectivity index (χ4n) is 6.46. The summed E-state index contributed by atoms with van der Waals surface area (Å²) in [5.74, 6) is 1.25. The molecule has 39 heavy (non-hydrogen) atoms. The van der Waals surface area contributed by atoms with Crippen molar-refractivity contribution < 1.29 is 22.7 Å². The molecule has 1 aromatic heterocycles. The highest BCUT2D eigenvalue weighted by molar-refractivity contribution is 7.89. The van der Waals surface area contributed by atoms with Gasteiger partial charge in [-0.1, -0.05) is 0 Å². The molecule has 7 rings (SSSR count). The lowest BCUT2D eigenvalue weighted by Crippen LogP contribution is -2.36. The summed E-state index contributed by atoms with van der Waals surface area (Å²) in [6.07, 6.45) is 7.59. The minimum atomic E-state index is -3.81. The van der Waals surface area contributed by atoms with Crippen LogP contribution in [-0.2, 0) is 10.0 Å². The number of hydrogen-bond acceptors (Lipinski definition) is 7. The van der Waals surface area contributed by atoms with Crippen LogP contribution in [0.25, 0.3) is 11.0 Å². The van der Waals surface area contributed by atoms with Gasteiger partial charge in [0.1, 0.15) is 0 Å². The van der Waals surface area contributed by atoms with Crippen molar-refractivity contribution in [2.75, 3.05) is 54.4 Å². The number of aliphatic hydroxyl groups is 1. The molecule has 2 saturated carbocycles. The van der Waals surface area contributed by atoms with E-state index in [4.69, 9.17) is 9.52 Å². The van der Waals surface area contributed by atoms with Crippen molar-refractivity contribution in [3.63, 3.8) is 0 Å². The van der Waals surface area contributed by atoms with Gasteiger partial charge in [0.05, 0.1) is 34.7 Å². The average molecular weight is 551 g/mol. The van der Waals surface area contributed by atoms with Gasteiger partial charge in [-0.25, -0.2) is 13.1 Å². The smallest absolute Gasteiger partial charge is 0.257 e. The Morgan fingerprint density at radius 1 is 1.00 bits per heavy atom. The van der Waals surface area contributed by atoms with Gasteiger partial charge in [0.25, 0.3) is 5.91 Å². The molecular weight excluding hydrogens is 516 g/mol. The number of benzene rings is 2. The number of sulfonamides is 1. The van der Waals surface area contributed by atoms with Gasteiger partial charge in [-0.05, 0) is 85.8 Å². The number of fused-ring (bicyclic) bond motifs is 2. The Labute approximate surface area is 228 Å². The van der Waals surface area contributed by atoms with Gasteiger partial charge in [0.15, 0.2) is 5.58 Å². The number of hydrogen-bond donors (Lipinski definition) is 3. The van der Waals surface area contributed by atoms with Crippen LogP contribution in [-0.4, -0.2) is 58.8 Å². The predicted molar refractivity (Wildman–Crippen MR) is 150 cm³/mol. The highest BCUT2D eigenvalue weighted by atomic mass is 32.2. The van der Waals surface area contributed by atoms with Crippen LogP contribution < -0.4 is 19.8 Å². The van der Waals surface area contributed by atoms with E-state index in [0.717, 1.165) is 67.5 Å². The molecular formula is C29H34N4O5S. The first-order chi connectivity index (χ1) is 18.8. The van der Waals surface area contributed by atoms with Crippen molar-refractivity contribution in [2.24, 2.45) is 17.3 Å². The van der Waals surface area contributed by atoms with Gasteiger partial charge in [-0.3, -0.25) is 4.79 Å². The maximum Gasteiger partial charge on any atom is 0.257 e. The van der Waals surface area contributed by atoms with Crippen LogP contribution in [0.1, 0.15) is 42.5 Å². The largest absolute Gasteiger partial charge is 0.462 e. The molecule has 2 aliphatic heterocycles. The summed E-state index contributed by atoms with van der Waals surface area (Å²) in [7, 11) is -3.81. The van der Waals surface area contributed by atoms with E-state index in [0.29, 0.717) is 22.4 Å². The highest BCUT2D eigenvalue weighted by Gasteiger charge is 2.46. The Morgan fingerprint density at radius 2 is 1.77 bits per heavy atom. The van der Waals surface area contributed by atoms with Crippen LogP contribution in [0.3, 0.4) is 0 Å². The molecule has 4 fully saturated rings. The number of nitrogens with zero attached hydrogens (tertiary/aromatic N) is 2. The predicted octanol–water partition coefficient (Wildman–Crippen LogP) is 3.79. The van der Waals surface area contributed by atoms with Crippen LogP contribution in [0.15, 0.2) is 52.0 Å². The summed E-state index contributed by atoms with van der Waals surface area (Å²) in [5.41, 5.74) is 4.04. The van der Waals surface area contributed by atoms with Crippen molar-refractivity contribution >= 4 is 44.0 Å².